The molecular formula is C12H17ClN2. The van der Waals surface area contributed by atoms with Crippen LogP contribution in [-0.2, 0) is 0 Å². The number of nitrogen functional groups attached to an aromatic ring is 1. The van der Waals surface area contributed by atoms with Crippen molar-refractivity contribution in [2.75, 3.05) is 23.7 Å². The van der Waals surface area contributed by atoms with Crippen molar-refractivity contribution in [2.45, 2.75) is 26.7 Å². The minimum absolute atomic E-state index is 0.834. The molecule has 82 valence electrons. The molecule has 0 atom stereocenters. The molecule has 15 heavy (non-hydrogen) atoms. The van der Waals surface area contributed by atoms with Crippen molar-refractivity contribution in [3.8, 4) is 0 Å². The molecule has 0 saturated carbocycles. The molecule has 3 heteroatoms. The molecule has 0 radical (unpaired) electrons. The molecule has 1 heterocycles. The Morgan fingerprint density at radius 3 is 2.47 bits per heavy atom. The molecule has 2 rings (SSSR count). The highest BCUT2D eigenvalue weighted by Gasteiger charge is 2.19. The SMILES string of the molecule is Cc1cc(Cl)c(N2CCCC2)c(C)c1N. The van der Waals surface area contributed by atoms with Gasteiger partial charge < -0.3 is 10.6 Å². The Labute approximate surface area is 96.0 Å². The number of anilines is 2. The number of hydrogen-bond acceptors (Lipinski definition) is 2. The van der Waals surface area contributed by atoms with Crippen LogP contribution in [-0.4, -0.2) is 13.1 Å². The Balaban J connectivity index is 2.50. The largest absolute Gasteiger partial charge is 0.398 e. The van der Waals surface area contributed by atoms with E-state index in [9.17, 15) is 0 Å². The second kappa shape index (κ2) is 3.93. The van der Waals surface area contributed by atoms with Crippen LogP contribution in [0, 0.1) is 13.8 Å². The zero-order chi connectivity index (χ0) is 11.0. The van der Waals surface area contributed by atoms with Crippen molar-refractivity contribution in [1.82, 2.24) is 0 Å². The Morgan fingerprint density at radius 2 is 1.87 bits per heavy atom. The van der Waals surface area contributed by atoms with Crippen molar-refractivity contribution in [1.29, 1.82) is 0 Å². The highest BCUT2D eigenvalue weighted by molar-refractivity contribution is 6.33. The second-order valence-corrected chi connectivity index (χ2v) is 4.66. The van der Waals surface area contributed by atoms with Crippen LogP contribution in [0.25, 0.3) is 0 Å². The summed E-state index contributed by atoms with van der Waals surface area (Å²) in [6.45, 7) is 6.26. The van der Waals surface area contributed by atoms with E-state index in [1.54, 1.807) is 0 Å². The van der Waals surface area contributed by atoms with Crippen LogP contribution in [0.2, 0.25) is 5.02 Å². The smallest absolute Gasteiger partial charge is 0.0646 e. The number of aryl methyl sites for hydroxylation is 1. The standard InChI is InChI=1S/C12H17ClN2/c1-8-7-10(13)12(9(2)11(8)14)15-5-3-4-6-15/h7H,3-6,14H2,1-2H3. The third-order valence-corrected chi connectivity index (χ3v) is 3.46. The van der Waals surface area contributed by atoms with E-state index in [2.05, 4.69) is 11.8 Å². The van der Waals surface area contributed by atoms with Crippen molar-refractivity contribution < 1.29 is 0 Å². The number of halogens is 1. The maximum Gasteiger partial charge on any atom is 0.0646 e. The summed E-state index contributed by atoms with van der Waals surface area (Å²) in [6, 6.07) is 1.97. The summed E-state index contributed by atoms with van der Waals surface area (Å²) in [5.74, 6) is 0. The van der Waals surface area contributed by atoms with Crippen LogP contribution < -0.4 is 10.6 Å². The molecule has 0 amide bonds. The summed E-state index contributed by atoms with van der Waals surface area (Å²) < 4.78 is 0. The average Bonchev–Trinajstić information content (AvgIpc) is 2.68. The van der Waals surface area contributed by atoms with Gasteiger partial charge in [-0.15, -0.1) is 0 Å². The average molecular weight is 225 g/mol. The van der Waals surface area contributed by atoms with E-state index in [4.69, 9.17) is 17.3 Å². The third-order valence-electron chi connectivity index (χ3n) is 3.18. The molecule has 0 unspecified atom stereocenters. The first-order valence-electron chi connectivity index (χ1n) is 5.41. The lowest BCUT2D eigenvalue weighted by Crippen LogP contribution is -2.20. The molecular weight excluding hydrogens is 208 g/mol. The van der Waals surface area contributed by atoms with Crippen LogP contribution in [0.4, 0.5) is 11.4 Å². The van der Waals surface area contributed by atoms with Gasteiger partial charge in [-0.2, -0.15) is 0 Å². The number of nitrogens with two attached hydrogens (primary N) is 1. The predicted octanol–water partition coefficient (Wildman–Crippen LogP) is 3.14. The first-order chi connectivity index (χ1) is 7.11. The maximum absolute atomic E-state index is 6.29. The van der Waals surface area contributed by atoms with E-state index in [-0.39, 0.29) is 0 Å². The van der Waals surface area contributed by atoms with Crippen LogP contribution in [0.1, 0.15) is 24.0 Å². The number of hydrogen-bond donors (Lipinski definition) is 1. The van der Waals surface area contributed by atoms with Gasteiger partial charge in [-0.25, -0.2) is 0 Å². The molecule has 1 aromatic rings. The highest BCUT2D eigenvalue weighted by atomic mass is 35.5. The highest BCUT2D eigenvalue weighted by Crippen LogP contribution is 2.36. The summed E-state index contributed by atoms with van der Waals surface area (Å²) >= 11 is 6.29. The van der Waals surface area contributed by atoms with Gasteiger partial charge in [-0.05, 0) is 43.9 Å². The molecule has 1 fully saturated rings. The first-order valence-corrected chi connectivity index (χ1v) is 5.79. The van der Waals surface area contributed by atoms with E-state index < -0.39 is 0 Å². The zero-order valence-corrected chi connectivity index (χ0v) is 10.1. The quantitative estimate of drug-likeness (QED) is 0.743. The molecule has 2 N–H and O–H groups in total. The molecule has 1 aromatic carbocycles. The molecule has 1 aliphatic rings. The Bertz CT molecular complexity index is 382. The molecule has 0 aliphatic carbocycles. The van der Waals surface area contributed by atoms with Crippen molar-refractivity contribution in [3.05, 3.63) is 22.2 Å². The molecule has 1 saturated heterocycles. The van der Waals surface area contributed by atoms with E-state index in [0.717, 1.165) is 40.6 Å². The van der Waals surface area contributed by atoms with Gasteiger partial charge in [0.2, 0.25) is 0 Å². The van der Waals surface area contributed by atoms with Gasteiger partial charge >= 0.3 is 0 Å². The van der Waals surface area contributed by atoms with Gasteiger partial charge in [0.15, 0.2) is 0 Å². The normalized spacial score (nSPS) is 16.1. The van der Waals surface area contributed by atoms with Gasteiger partial charge in [0.25, 0.3) is 0 Å². The van der Waals surface area contributed by atoms with Gasteiger partial charge in [-0.3, -0.25) is 0 Å². The zero-order valence-electron chi connectivity index (χ0n) is 9.31. The minimum Gasteiger partial charge on any atom is -0.398 e. The minimum atomic E-state index is 0.834. The molecule has 0 aromatic heterocycles. The first kappa shape index (κ1) is 10.6. The van der Waals surface area contributed by atoms with Crippen molar-refractivity contribution >= 4 is 23.0 Å². The molecule has 0 bridgehead atoms. The van der Waals surface area contributed by atoms with Crippen LogP contribution >= 0.6 is 11.6 Å². The van der Waals surface area contributed by atoms with Gasteiger partial charge in [-0.1, -0.05) is 11.6 Å². The van der Waals surface area contributed by atoms with Crippen molar-refractivity contribution in [3.63, 3.8) is 0 Å². The summed E-state index contributed by atoms with van der Waals surface area (Å²) in [6.07, 6.45) is 2.51. The molecule has 2 nitrogen and oxygen atoms in total. The van der Waals surface area contributed by atoms with E-state index in [0.29, 0.717) is 0 Å². The van der Waals surface area contributed by atoms with Crippen LogP contribution in [0.15, 0.2) is 6.07 Å². The van der Waals surface area contributed by atoms with Crippen LogP contribution in [0.3, 0.4) is 0 Å². The summed E-state index contributed by atoms with van der Waals surface area (Å²) in [7, 11) is 0. The topological polar surface area (TPSA) is 29.3 Å². The fourth-order valence-corrected chi connectivity index (χ4v) is 2.69. The number of benzene rings is 1. The Kier molecular flexibility index (Phi) is 2.79. The van der Waals surface area contributed by atoms with Gasteiger partial charge in [0.05, 0.1) is 10.7 Å². The van der Waals surface area contributed by atoms with E-state index in [1.807, 2.05) is 13.0 Å². The molecule has 1 aliphatic heterocycles. The van der Waals surface area contributed by atoms with Crippen molar-refractivity contribution in [2.24, 2.45) is 0 Å². The summed E-state index contributed by atoms with van der Waals surface area (Å²) in [5, 5.41) is 0.834. The van der Waals surface area contributed by atoms with Gasteiger partial charge in [0.1, 0.15) is 0 Å². The van der Waals surface area contributed by atoms with E-state index >= 15 is 0 Å². The Morgan fingerprint density at radius 1 is 1.27 bits per heavy atom. The lowest BCUT2D eigenvalue weighted by molar-refractivity contribution is 0.949. The fraction of sp³-hybridized carbons (Fsp3) is 0.500. The fourth-order valence-electron chi connectivity index (χ4n) is 2.27. The van der Waals surface area contributed by atoms with Crippen LogP contribution in [0.5, 0.6) is 0 Å². The second-order valence-electron chi connectivity index (χ2n) is 4.26. The summed E-state index contributed by atoms with van der Waals surface area (Å²) in [5.41, 5.74) is 10.2. The maximum atomic E-state index is 6.29. The lowest BCUT2D eigenvalue weighted by Gasteiger charge is -2.23. The predicted molar refractivity (Wildman–Crippen MR) is 66.8 cm³/mol. The Hall–Kier alpha value is -0.890. The number of nitrogens with zero attached hydrogens (tertiary/aromatic N) is 1. The summed E-state index contributed by atoms with van der Waals surface area (Å²) in [4.78, 5) is 2.34. The van der Waals surface area contributed by atoms with Gasteiger partial charge in [0, 0.05) is 18.8 Å². The third kappa shape index (κ3) is 1.78. The lowest BCUT2D eigenvalue weighted by atomic mass is 10.1. The monoisotopic (exact) mass is 224 g/mol. The van der Waals surface area contributed by atoms with E-state index in [1.165, 1.54) is 12.8 Å². The number of rotatable bonds is 1. The molecule has 0 spiro atoms.